The lowest BCUT2D eigenvalue weighted by molar-refractivity contribution is 0.825. The number of rotatable bonds is 1. The molecule has 4 aromatic rings. The Morgan fingerprint density at radius 1 is 1.10 bits per heavy atom. The van der Waals surface area contributed by atoms with Gasteiger partial charge in [0.05, 0.1) is 16.1 Å². The molecular formula is C16H9N3S. The molecule has 2 aromatic heterocycles. The number of benzene rings is 2. The van der Waals surface area contributed by atoms with E-state index in [1.54, 1.807) is 11.3 Å². The molecule has 0 saturated carbocycles. The van der Waals surface area contributed by atoms with Gasteiger partial charge in [0.25, 0.3) is 0 Å². The lowest BCUT2D eigenvalue weighted by Crippen LogP contribution is -1.95. The molecule has 20 heavy (non-hydrogen) atoms. The quantitative estimate of drug-likeness (QED) is 0.497. The molecular weight excluding hydrogens is 266 g/mol. The number of nitrogens with zero attached hydrogens (tertiary/aromatic N) is 3. The Morgan fingerprint density at radius 2 is 2.00 bits per heavy atom. The first-order chi connectivity index (χ1) is 9.85. The van der Waals surface area contributed by atoms with Crippen LogP contribution in [0.5, 0.6) is 0 Å². The molecule has 0 aliphatic rings. The Labute approximate surface area is 119 Å². The molecule has 0 atom stereocenters. The van der Waals surface area contributed by atoms with Gasteiger partial charge in [-0.3, -0.25) is 0 Å². The van der Waals surface area contributed by atoms with Crippen molar-refractivity contribution in [3.05, 3.63) is 53.4 Å². The monoisotopic (exact) mass is 275 g/mol. The smallest absolute Gasteiger partial charge is 0.113 e. The summed E-state index contributed by atoms with van der Waals surface area (Å²) in [6, 6.07) is 16.2. The summed E-state index contributed by atoms with van der Waals surface area (Å²) < 4.78 is 3.01. The van der Waals surface area contributed by atoms with Crippen molar-refractivity contribution in [2.45, 2.75) is 0 Å². The predicted octanol–water partition coefficient (Wildman–Crippen LogP) is 3.62. The topological polar surface area (TPSA) is 30.7 Å². The molecule has 0 aliphatic carbocycles. The van der Waals surface area contributed by atoms with Crippen molar-refractivity contribution in [3.8, 4) is 18.0 Å². The molecule has 94 valence electrons. The van der Waals surface area contributed by atoms with Crippen LogP contribution < -0.4 is 0 Å². The summed E-state index contributed by atoms with van der Waals surface area (Å²) in [5, 5.41) is 9.57. The minimum atomic E-state index is 0.892. The molecule has 0 aliphatic heterocycles. The van der Waals surface area contributed by atoms with E-state index in [1.807, 2.05) is 41.1 Å². The van der Waals surface area contributed by atoms with Crippen molar-refractivity contribution in [2.75, 3.05) is 0 Å². The molecule has 0 unspecified atom stereocenters. The molecule has 4 rings (SSSR count). The van der Waals surface area contributed by atoms with Gasteiger partial charge in [-0.25, -0.2) is 4.68 Å². The molecule has 3 nitrogen and oxygen atoms in total. The van der Waals surface area contributed by atoms with Crippen LogP contribution in [0.25, 0.3) is 26.8 Å². The highest BCUT2D eigenvalue weighted by Gasteiger charge is 2.07. The normalized spacial score (nSPS) is 10.9. The van der Waals surface area contributed by atoms with Crippen LogP contribution in [0, 0.1) is 12.3 Å². The van der Waals surface area contributed by atoms with E-state index in [1.165, 1.54) is 0 Å². The van der Waals surface area contributed by atoms with Crippen LogP contribution >= 0.6 is 11.3 Å². The number of terminal acetylenes is 1. The molecule has 0 bridgehead atoms. The lowest BCUT2D eigenvalue weighted by Gasteiger charge is -2.01. The third kappa shape index (κ3) is 1.61. The van der Waals surface area contributed by atoms with Gasteiger partial charge < -0.3 is 0 Å². The highest BCUT2D eigenvalue weighted by Crippen LogP contribution is 2.28. The standard InChI is InChI=1S/C16H9N3S/c1-2-13-9-11-7-8-12(10-16(11)20-13)19-15-6-4-3-5-14(15)17-18-19/h1,3-10H. The second-order valence-corrected chi connectivity index (χ2v) is 5.55. The summed E-state index contributed by atoms with van der Waals surface area (Å²) in [7, 11) is 0. The van der Waals surface area contributed by atoms with Gasteiger partial charge in [0.15, 0.2) is 0 Å². The van der Waals surface area contributed by atoms with Gasteiger partial charge in [-0.2, -0.15) is 0 Å². The first-order valence-electron chi connectivity index (χ1n) is 6.16. The van der Waals surface area contributed by atoms with Crippen molar-refractivity contribution < 1.29 is 0 Å². The van der Waals surface area contributed by atoms with Gasteiger partial charge in [-0.1, -0.05) is 29.3 Å². The average molecular weight is 275 g/mol. The predicted molar refractivity (Wildman–Crippen MR) is 82.2 cm³/mol. The van der Waals surface area contributed by atoms with Crippen molar-refractivity contribution in [1.29, 1.82) is 0 Å². The van der Waals surface area contributed by atoms with Crippen LogP contribution in [0.4, 0.5) is 0 Å². The summed E-state index contributed by atoms with van der Waals surface area (Å²) in [6.07, 6.45) is 5.45. The minimum absolute atomic E-state index is 0.892. The molecule has 0 saturated heterocycles. The second-order valence-electron chi connectivity index (χ2n) is 4.47. The molecule has 4 heteroatoms. The minimum Gasteiger partial charge on any atom is -0.213 e. The zero-order chi connectivity index (χ0) is 13.5. The van der Waals surface area contributed by atoms with Crippen LogP contribution in [-0.4, -0.2) is 15.0 Å². The summed E-state index contributed by atoms with van der Waals surface area (Å²) in [4.78, 5) is 0.945. The maximum absolute atomic E-state index is 5.45. The Hall–Kier alpha value is -2.64. The number of hydrogen-bond donors (Lipinski definition) is 0. The third-order valence-corrected chi connectivity index (χ3v) is 4.27. The van der Waals surface area contributed by atoms with Crippen molar-refractivity contribution in [1.82, 2.24) is 15.0 Å². The van der Waals surface area contributed by atoms with E-state index in [4.69, 9.17) is 6.42 Å². The molecule has 0 radical (unpaired) electrons. The Morgan fingerprint density at radius 3 is 2.90 bits per heavy atom. The summed E-state index contributed by atoms with van der Waals surface area (Å²) in [6.45, 7) is 0. The number of para-hydroxylation sites is 1. The van der Waals surface area contributed by atoms with Crippen LogP contribution in [0.15, 0.2) is 48.5 Å². The molecule has 2 aromatic carbocycles. The van der Waals surface area contributed by atoms with E-state index in [2.05, 4.69) is 28.4 Å². The SMILES string of the molecule is C#Cc1cc2ccc(-n3nnc4ccccc43)cc2s1. The van der Waals surface area contributed by atoms with Crippen LogP contribution in [0.3, 0.4) is 0 Å². The first-order valence-corrected chi connectivity index (χ1v) is 6.98. The van der Waals surface area contributed by atoms with Gasteiger partial charge in [0.1, 0.15) is 5.52 Å². The number of thiophene rings is 1. The summed E-state index contributed by atoms with van der Waals surface area (Å²) >= 11 is 1.62. The van der Waals surface area contributed by atoms with E-state index in [-0.39, 0.29) is 0 Å². The fraction of sp³-hybridized carbons (Fsp3) is 0. The maximum Gasteiger partial charge on any atom is 0.113 e. The van der Waals surface area contributed by atoms with Gasteiger partial charge in [0, 0.05) is 4.70 Å². The number of aromatic nitrogens is 3. The van der Waals surface area contributed by atoms with E-state index in [0.29, 0.717) is 0 Å². The number of hydrogen-bond acceptors (Lipinski definition) is 3. The largest absolute Gasteiger partial charge is 0.213 e. The molecule has 0 fully saturated rings. The van der Waals surface area contributed by atoms with Crippen molar-refractivity contribution >= 4 is 32.5 Å². The molecule has 2 heterocycles. The van der Waals surface area contributed by atoms with E-state index in [9.17, 15) is 0 Å². The van der Waals surface area contributed by atoms with Crippen LogP contribution in [0.2, 0.25) is 0 Å². The van der Waals surface area contributed by atoms with Crippen LogP contribution in [0.1, 0.15) is 4.88 Å². The Bertz CT molecular complexity index is 972. The molecule has 0 amide bonds. The summed E-state index contributed by atoms with van der Waals surface area (Å²) in [5.41, 5.74) is 2.89. The van der Waals surface area contributed by atoms with Gasteiger partial charge >= 0.3 is 0 Å². The van der Waals surface area contributed by atoms with Gasteiger partial charge in [-0.05, 0) is 35.7 Å². The van der Waals surface area contributed by atoms with Gasteiger partial charge in [-0.15, -0.1) is 22.9 Å². The zero-order valence-corrected chi connectivity index (χ0v) is 11.3. The van der Waals surface area contributed by atoms with Crippen molar-refractivity contribution in [2.24, 2.45) is 0 Å². The fourth-order valence-electron chi connectivity index (χ4n) is 2.28. The number of fused-ring (bicyclic) bond motifs is 2. The lowest BCUT2D eigenvalue weighted by atomic mass is 10.2. The third-order valence-electron chi connectivity index (χ3n) is 3.24. The molecule has 0 spiro atoms. The van der Waals surface area contributed by atoms with E-state index in [0.717, 1.165) is 31.7 Å². The Kier molecular flexibility index (Phi) is 2.35. The average Bonchev–Trinajstić information content (AvgIpc) is 3.09. The maximum atomic E-state index is 5.45. The second kappa shape index (κ2) is 4.19. The molecule has 0 N–H and O–H groups in total. The van der Waals surface area contributed by atoms with Gasteiger partial charge in [0.2, 0.25) is 0 Å². The zero-order valence-electron chi connectivity index (χ0n) is 10.4. The first kappa shape index (κ1) is 11.2. The fourth-order valence-corrected chi connectivity index (χ4v) is 3.19. The van der Waals surface area contributed by atoms with Crippen molar-refractivity contribution in [3.63, 3.8) is 0 Å². The van der Waals surface area contributed by atoms with Crippen LogP contribution in [-0.2, 0) is 0 Å². The Balaban J connectivity index is 1.95. The van der Waals surface area contributed by atoms with E-state index >= 15 is 0 Å². The highest BCUT2D eigenvalue weighted by molar-refractivity contribution is 7.19. The highest BCUT2D eigenvalue weighted by atomic mass is 32.1. The summed E-state index contributed by atoms with van der Waals surface area (Å²) in [5.74, 6) is 2.68. The van der Waals surface area contributed by atoms with E-state index < -0.39 is 0 Å².